The van der Waals surface area contributed by atoms with Crippen molar-refractivity contribution in [2.24, 2.45) is 0 Å². The van der Waals surface area contributed by atoms with Gasteiger partial charge in [0.25, 0.3) is 0 Å². The van der Waals surface area contributed by atoms with Crippen LogP contribution < -0.4 is 0 Å². The van der Waals surface area contributed by atoms with E-state index in [1.54, 1.807) is 4.44 Å². The van der Waals surface area contributed by atoms with Gasteiger partial charge in [0.15, 0.2) is 0 Å². The number of rotatable bonds is 16. The van der Waals surface area contributed by atoms with E-state index in [0.717, 1.165) is 0 Å². The molecule has 0 aromatic rings. The number of unbranched alkanes of at least 4 members (excludes halogenated alkanes) is 10. The maximum absolute atomic E-state index is 2.31. The van der Waals surface area contributed by atoms with E-state index in [1.165, 1.54) is 82.8 Å². The van der Waals surface area contributed by atoms with Crippen molar-refractivity contribution in [3.63, 3.8) is 0 Å². The SMILES string of the molecule is CCCCCCCCCCCCS[S][Sn][CH2]CCC. The zero-order valence-electron chi connectivity index (χ0n) is 13.2. The van der Waals surface area contributed by atoms with E-state index in [0.29, 0.717) is 0 Å². The Bertz CT molecular complexity index is 138. The van der Waals surface area contributed by atoms with Crippen LogP contribution in [0.5, 0.6) is 0 Å². The normalized spacial score (nSPS) is 11.1. The Hall–Kier alpha value is 1.50. The summed E-state index contributed by atoms with van der Waals surface area (Å²) in [7, 11) is 4.43. The van der Waals surface area contributed by atoms with Gasteiger partial charge in [-0.2, -0.15) is 0 Å². The van der Waals surface area contributed by atoms with E-state index in [2.05, 4.69) is 32.6 Å². The molecule has 0 aliphatic heterocycles. The first-order valence-corrected chi connectivity index (χ1v) is 16.3. The molecule has 0 saturated carbocycles. The van der Waals surface area contributed by atoms with Gasteiger partial charge in [-0.15, -0.1) is 0 Å². The molecule has 0 unspecified atom stereocenters. The van der Waals surface area contributed by atoms with E-state index in [1.807, 2.05) is 0 Å². The average Bonchev–Trinajstić information content (AvgIpc) is 2.43. The Kier molecular flexibility index (Phi) is 21.0. The first-order valence-electron chi connectivity index (χ1n) is 8.43. The van der Waals surface area contributed by atoms with Crippen molar-refractivity contribution >= 4 is 38.5 Å². The van der Waals surface area contributed by atoms with Crippen LogP contribution in [0.3, 0.4) is 0 Å². The second-order valence-electron chi connectivity index (χ2n) is 5.34. The summed E-state index contributed by atoms with van der Waals surface area (Å²) < 4.78 is 1.58. The van der Waals surface area contributed by atoms with Crippen LogP contribution in [0.25, 0.3) is 0 Å². The summed E-state index contributed by atoms with van der Waals surface area (Å²) in [5.74, 6) is 1.41. The summed E-state index contributed by atoms with van der Waals surface area (Å²) in [4.78, 5) is 0. The molecule has 3 heteroatoms. The first kappa shape index (κ1) is 20.5. The van der Waals surface area contributed by atoms with Gasteiger partial charge in [-0.3, -0.25) is 0 Å². The molecule has 0 aromatic carbocycles. The van der Waals surface area contributed by atoms with Crippen molar-refractivity contribution in [1.82, 2.24) is 0 Å². The van der Waals surface area contributed by atoms with E-state index < -0.39 is 0 Å². The van der Waals surface area contributed by atoms with E-state index in [9.17, 15) is 0 Å². The average molecular weight is 409 g/mol. The fourth-order valence-electron chi connectivity index (χ4n) is 2.02. The van der Waals surface area contributed by atoms with Crippen molar-refractivity contribution in [2.75, 3.05) is 5.75 Å². The second kappa shape index (κ2) is 19.5. The van der Waals surface area contributed by atoms with Gasteiger partial charge in [-0.1, -0.05) is 13.3 Å². The third-order valence-electron chi connectivity index (χ3n) is 3.33. The topological polar surface area (TPSA) is 0 Å². The van der Waals surface area contributed by atoms with Crippen LogP contribution in [0.4, 0.5) is 0 Å². The quantitative estimate of drug-likeness (QED) is 0.151. The van der Waals surface area contributed by atoms with Crippen molar-refractivity contribution in [3.8, 4) is 0 Å². The molecule has 19 heavy (non-hydrogen) atoms. The van der Waals surface area contributed by atoms with Crippen LogP contribution in [-0.2, 0) is 0 Å². The van der Waals surface area contributed by atoms with Gasteiger partial charge >= 0.3 is 126 Å². The standard InChI is InChI=1S/C12H26S2.C4H9.Sn/c1-2-3-4-5-6-7-8-9-10-11-12-14-13;1-3-4-2;/h13H,2-12H2,1H3;1,3-4H2,2H3;/q;;+1/p-1. The van der Waals surface area contributed by atoms with Crippen molar-refractivity contribution in [1.29, 1.82) is 0 Å². The van der Waals surface area contributed by atoms with Crippen LogP contribution in [0.15, 0.2) is 0 Å². The predicted molar refractivity (Wildman–Crippen MR) is 97.4 cm³/mol. The molecule has 0 rings (SSSR count). The van der Waals surface area contributed by atoms with Crippen molar-refractivity contribution in [2.45, 2.75) is 95.3 Å². The predicted octanol–water partition coefficient (Wildman–Crippen LogP) is 7.13. The molecular weight excluding hydrogens is 375 g/mol. The molecule has 0 N–H and O–H groups in total. The molecule has 0 nitrogen and oxygen atoms in total. The Morgan fingerprint density at radius 2 is 1.16 bits per heavy atom. The fraction of sp³-hybridized carbons (Fsp3) is 1.00. The number of hydrogen-bond acceptors (Lipinski definition) is 2. The first-order chi connectivity index (χ1) is 9.41. The summed E-state index contributed by atoms with van der Waals surface area (Å²) in [6, 6.07) is 0. The van der Waals surface area contributed by atoms with E-state index >= 15 is 0 Å². The molecule has 114 valence electrons. The summed E-state index contributed by atoms with van der Waals surface area (Å²) in [5, 5.41) is 0. The molecule has 0 amide bonds. The minimum absolute atomic E-state index is 0.0325. The van der Waals surface area contributed by atoms with E-state index in [4.69, 9.17) is 0 Å². The monoisotopic (exact) mass is 410 g/mol. The van der Waals surface area contributed by atoms with Crippen LogP contribution in [-0.4, -0.2) is 25.5 Å². The van der Waals surface area contributed by atoms with Crippen LogP contribution in [0, 0.1) is 0 Å². The third kappa shape index (κ3) is 19.5. The van der Waals surface area contributed by atoms with Gasteiger partial charge in [0, 0.05) is 0 Å². The Balaban J connectivity index is 2.88. The molecule has 0 bridgehead atoms. The van der Waals surface area contributed by atoms with Crippen molar-refractivity contribution in [3.05, 3.63) is 0 Å². The van der Waals surface area contributed by atoms with Crippen LogP contribution in [0.1, 0.15) is 90.9 Å². The summed E-state index contributed by atoms with van der Waals surface area (Å²) in [5.41, 5.74) is 0. The molecule has 0 saturated heterocycles. The Labute approximate surface area is 139 Å². The number of hydrogen-bond donors (Lipinski definition) is 0. The molecule has 2 radical (unpaired) electrons. The minimum atomic E-state index is -0.0325. The van der Waals surface area contributed by atoms with Gasteiger partial charge in [-0.25, -0.2) is 0 Å². The Morgan fingerprint density at radius 1 is 0.632 bits per heavy atom. The van der Waals surface area contributed by atoms with Gasteiger partial charge in [-0.05, 0) is 0 Å². The molecular formula is C16H34S2Sn. The third-order valence-corrected chi connectivity index (χ3v) is 14.2. The zero-order chi connectivity index (χ0) is 14.0. The van der Waals surface area contributed by atoms with Crippen LogP contribution in [0.2, 0.25) is 4.44 Å². The molecule has 0 heterocycles. The molecule has 0 aliphatic rings. The molecule has 0 aliphatic carbocycles. The van der Waals surface area contributed by atoms with Crippen molar-refractivity contribution < 1.29 is 0 Å². The molecule has 0 spiro atoms. The van der Waals surface area contributed by atoms with Crippen LogP contribution >= 0.6 is 18.8 Å². The summed E-state index contributed by atoms with van der Waals surface area (Å²) in [6.45, 7) is 4.60. The molecule has 0 aromatic heterocycles. The Morgan fingerprint density at radius 3 is 1.74 bits per heavy atom. The van der Waals surface area contributed by atoms with E-state index in [-0.39, 0.29) is 19.8 Å². The second-order valence-corrected chi connectivity index (χ2v) is 15.8. The summed E-state index contributed by atoms with van der Waals surface area (Å²) >= 11 is -0.0325. The summed E-state index contributed by atoms with van der Waals surface area (Å²) in [6.07, 6.45) is 17.5. The van der Waals surface area contributed by atoms with Gasteiger partial charge in [0.1, 0.15) is 0 Å². The maximum atomic E-state index is 2.31. The zero-order valence-corrected chi connectivity index (χ0v) is 17.7. The van der Waals surface area contributed by atoms with Gasteiger partial charge < -0.3 is 0 Å². The van der Waals surface area contributed by atoms with Gasteiger partial charge in [0.05, 0.1) is 0 Å². The molecule has 0 atom stereocenters. The molecule has 0 fully saturated rings. The fourth-order valence-corrected chi connectivity index (χ4v) is 12.5. The van der Waals surface area contributed by atoms with Gasteiger partial charge in [0.2, 0.25) is 0 Å².